The molecule has 1 saturated heterocycles. The number of hydrogen-bond acceptors (Lipinski definition) is 3. The molecule has 2 rings (SSSR count). The summed E-state index contributed by atoms with van der Waals surface area (Å²) in [7, 11) is 0. The topological polar surface area (TPSA) is 75.6 Å². The number of benzene rings is 1. The molecule has 0 aliphatic carbocycles. The monoisotopic (exact) mass is 281 g/mol. The van der Waals surface area contributed by atoms with Gasteiger partial charge in [0, 0.05) is 12.3 Å². The van der Waals surface area contributed by atoms with E-state index in [-0.39, 0.29) is 17.9 Å². The molecule has 20 heavy (non-hydrogen) atoms. The fraction of sp³-hybridized carbons (Fsp3) is 0.429. The average molecular weight is 281 g/mol. The number of anilines is 1. The van der Waals surface area contributed by atoms with Gasteiger partial charge in [0.2, 0.25) is 0 Å². The molecule has 0 aromatic heterocycles. The lowest BCUT2D eigenvalue weighted by atomic mass is 10.0. The third-order valence-electron chi connectivity index (χ3n) is 3.35. The van der Waals surface area contributed by atoms with Crippen LogP contribution in [0.1, 0.15) is 25.3 Å². The molecule has 1 aromatic rings. The van der Waals surface area contributed by atoms with Gasteiger partial charge in [0.05, 0.1) is 6.42 Å². The van der Waals surface area contributed by atoms with Gasteiger partial charge in [0.1, 0.15) is 11.4 Å². The smallest absolute Gasteiger partial charge is 0.307 e. The zero-order valence-corrected chi connectivity index (χ0v) is 11.1. The summed E-state index contributed by atoms with van der Waals surface area (Å²) in [4.78, 5) is 22.6. The van der Waals surface area contributed by atoms with E-state index in [1.807, 2.05) is 0 Å². The van der Waals surface area contributed by atoms with Gasteiger partial charge in [0.25, 0.3) is 5.91 Å². The average Bonchev–Trinajstić information content (AvgIpc) is 2.81. The van der Waals surface area contributed by atoms with E-state index in [0.717, 1.165) is 12.5 Å². The molecule has 1 fully saturated rings. The van der Waals surface area contributed by atoms with Crippen molar-refractivity contribution in [2.45, 2.75) is 31.8 Å². The Kier molecular flexibility index (Phi) is 4.04. The second-order valence-corrected chi connectivity index (χ2v) is 5.01. The highest BCUT2D eigenvalue weighted by molar-refractivity contribution is 5.97. The zero-order chi connectivity index (χ0) is 14.8. The van der Waals surface area contributed by atoms with Crippen molar-refractivity contribution >= 4 is 17.6 Å². The summed E-state index contributed by atoms with van der Waals surface area (Å²) in [5.74, 6) is -2.07. The quantitative estimate of drug-likeness (QED) is 0.884. The second-order valence-electron chi connectivity index (χ2n) is 5.01. The zero-order valence-electron chi connectivity index (χ0n) is 11.1. The molecule has 1 heterocycles. The summed E-state index contributed by atoms with van der Waals surface area (Å²) in [5, 5.41) is 11.2. The summed E-state index contributed by atoms with van der Waals surface area (Å²) in [6, 6.07) is 3.96. The van der Waals surface area contributed by atoms with Crippen LogP contribution in [0.3, 0.4) is 0 Å². The number of ether oxygens (including phenoxy) is 1. The van der Waals surface area contributed by atoms with Crippen LogP contribution in [0, 0.1) is 5.82 Å². The Morgan fingerprint density at radius 2 is 2.25 bits per heavy atom. The molecular weight excluding hydrogens is 265 g/mol. The molecule has 0 saturated carbocycles. The van der Waals surface area contributed by atoms with Crippen molar-refractivity contribution < 1.29 is 23.8 Å². The van der Waals surface area contributed by atoms with E-state index in [1.54, 1.807) is 6.92 Å². The molecule has 5 nitrogen and oxygen atoms in total. The van der Waals surface area contributed by atoms with Gasteiger partial charge < -0.3 is 15.2 Å². The predicted octanol–water partition coefficient (Wildman–Crippen LogP) is 1.96. The molecule has 1 aromatic carbocycles. The van der Waals surface area contributed by atoms with Crippen molar-refractivity contribution in [3.05, 3.63) is 29.6 Å². The minimum absolute atomic E-state index is 0.0822. The number of halogens is 1. The van der Waals surface area contributed by atoms with Gasteiger partial charge >= 0.3 is 5.97 Å². The van der Waals surface area contributed by atoms with Gasteiger partial charge in [-0.3, -0.25) is 9.59 Å². The number of carbonyl (C=O) groups is 2. The first kappa shape index (κ1) is 14.5. The van der Waals surface area contributed by atoms with Gasteiger partial charge in [-0.05, 0) is 37.5 Å². The normalized spacial score (nSPS) is 21.7. The number of carbonyl (C=O) groups excluding carboxylic acids is 1. The minimum atomic E-state index is -1.10. The fourth-order valence-corrected chi connectivity index (χ4v) is 2.15. The van der Waals surface area contributed by atoms with E-state index in [4.69, 9.17) is 9.84 Å². The number of carboxylic acids is 1. The number of carboxylic acid groups (broad SMARTS) is 1. The van der Waals surface area contributed by atoms with E-state index in [9.17, 15) is 14.0 Å². The van der Waals surface area contributed by atoms with Crippen molar-refractivity contribution in [3.8, 4) is 0 Å². The van der Waals surface area contributed by atoms with Crippen LogP contribution in [-0.4, -0.2) is 29.2 Å². The van der Waals surface area contributed by atoms with E-state index < -0.39 is 17.4 Å². The second kappa shape index (κ2) is 5.58. The Labute approximate surface area is 115 Å². The minimum Gasteiger partial charge on any atom is -0.481 e. The largest absolute Gasteiger partial charge is 0.481 e. The molecule has 0 spiro atoms. The van der Waals surface area contributed by atoms with Crippen LogP contribution in [-0.2, 0) is 20.7 Å². The van der Waals surface area contributed by atoms with Gasteiger partial charge in [-0.25, -0.2) is 4.39 Å². The highest BCUT2D eigenvalue weighted by Gasteiger charge is 2.37. The summed E-state index contributed by atoms with van der Waals surface area (Å²) in [6.45, 7) is 2.24. The van der Waals surface area contributed by atoms with Crippen molar-refractivity contribution in [1.82, 2.24) is 0 Å². The molecule has 0 bridgehead atoms. The number of amides is 1. The molecule has 0 radical (unpaired) electrons. The molecule has 1 unspecified atom stereocenters. The van der Waals surface area contributed by atoms with Crippen LogP contribution in [0.4, 0.5) is 10.1 Å². The summed E-state index contributed by atoms with van der Waals surface area (Å²) in [6.07, 6.45) is 1.05. The Morgan fingerprint density at radius 3 is 2.80 bits per heavy atom. The predicted molar refractivity (Wildman–Crippen MR) is 70.0 cm³/mol. The van der Waals surface area contributed by atoms with Crippen LogP contribution in [0.15, 0.2) is 18.2 Å². The lowest BCUT2D eigenvalue weighted by molar-refractivity contribution is -0.136. The molecule has 1 atom stereocenters. The maximum absolute atomic E-state index is 13.7. The van der Waals surface area contributed by atoms with Gasteiger partial charge in [-0.15, -0.1) is 0 Å². The first-order valence-electron chi connectivity index (χ1n) is 6.36. The summed E-state index contributed by atoms with van der Waals surface area (Å²) in [5.41, 5.74) is -0.506. The molecule has 1 aliphatic rings. The Balaban J connectivity index is 2.08. The standard InChI is InChI=1S/C14H16FNO4/c1-14(5-2-6-20-14)13(19)16-10-4-3-9(7-12(17)18)11(15)8-10/h3-4,8H,2,5-7H2,1H3,(H,16,19)(H,17,18). The van der Waals surface area contributed by atoms with Crippen molar-refractivity contribution in [1.29, 1.82) is 0 Å². The lowest BCUT2D eigenvalue weighted by Crippen LogP contribution is -2.39. The number of aliphatic carboxylic acids is 1. The van der Waals surface area contributed by atoms with Gasteiger partial charge in [0.15, 0.2) is 0 Å². The highest BCUT2D eigenvalue weighted by Crippen LogP contribution is 2.27. The summed E-state index contributed by atoms with van der Waals surface area (Å²) < 4.78 is 19.1. The number of nitrogens with one attached hydrogen (secondary N) is 1. The number of rotatable bonds is 4. The van der Waals surface area contributed by atoms with E-state index in [0.29, 0.717) is 18.7 Å². The van der Waals surface area contributed by atoms with E-state index in [1.165, 1.54) is 12.1 Å². The third kappa shape index (κ3) is 3.14. The highest BCUT2D eigenvalue weighted by atomic mass is 19.1. The fourth-order valence-electron chi connectivity index (χ4n) is 2.15. The maximum Gasteiger partial charge on any atom is 0.307 e. The first-order chi connectivity index (χ1) is 9.40. The molecule has 1 aliphatic heterocycles. The Bertz CT molecular complexity index is 538. The van der Waals surface area contributed by atoms with Gasteiger partial charge in [-0.1, -0.05) is 6.07 Å². The first-order valence-corrected chi connectivity index (χ1v) is 6.36. The van der Waals surface area contributed by atoms with Crippen LogP contribution < -0.4 is 5.32 Å². The molecule has 6 heteroatoms. The molecule has 2 N–H and O–H groups in total. The third-order valence-corrected chi connectivity index (χ3v) is 3.35. The van der Waals surface area contributed by atoms with Crippen LogP contribution in [0.2, 0.25) is 0 Å². The molecule has 1 amide bonds. The lowest BCUT2D eigenvalue weighted by Gasteiger charge is -2.22. The van der Waals surface area contributed by atoms with Crippen LogP contribution >= 0.6 is 0 Å². The van der Waals surface area contributed by atoms with Gasteiger partial charge in [-0.2, -0.15) is 0 Å². The number of hydrogen-bond donors (Lipinski definition) is 2. The van der Waals surface area contributed by atoms with E-state index in [2.05, 4.69) is 5.32 Å². The van der Waals surface area contributed by atoms with Crippen molar-refractivity contribution in [3.63, 3.8) is 0 Å². The Hall–Kier alpha value is -1.95. The van der Waals surface area contributed by atoms with E-state index >= 15 is 0 Å². The molecular formula is C14H16FNO4. The maximum atomic E-state index is 13.7. The Morgan fingerprint density at radius 1 is 1.50 bits per heavy atom. The molecule has 108 valence electrons. The summed E-state index contributed by atoms with van der Waals surface area (Å²) >= 11 is 0. The van der Waals surface area contributed by atoms with Crippen LogP contribution in [0.25, 0.3) is 0 Å². The van der Waals surface area contributed by atoms with Crippen molar-refractivity contribution in [2.75, 3.05) is 11.9 Å². The SMILES string of the molecule is CC1(C(=O)Nc2ccc(CC(=O)O)c(F)c2)CCCO1. The van der Waals surface area contributed by atoms with Crippen molar-refractivity contribution in [2.24, 2.45) is 0 Å². The van der Waals surface area contributed by atoms with Crippen LogP contribution in [0.5, 0.6) is 0 Å².